The summed E-state index contributed by atoms with van der Waals surface area (Å²) in [4.78, 5) is 8.27. The third-order valence-electron chi connectivity index (χ3n) is 3.55. The summed E-state index contributed by atoms with van der Waals surface area (Å²) in [6.45, 7) is 6.25. The summed E-state index contributed by atoms with van der Waals surface area (Å²) < 4.78 is 18.7. The molecule has 0 amide bonds. The van der Waals surface area contributed by atoms with E-state index in [0.29, 0.717) is 12.4 Å². The highest BCUT2D eigenvalue weighted by molar-refractivity contribution is 6.33. The number of hydrogen-bond donors (Lipinski definition) is 1. The first-order valence-electron chi connectivity index (χ1n) is 6.62. The molecule has 2 heterocycles. The summed E-state index contributed by atoms with van der Waals surface area (Å²) in [5.41, 5.74) is 5.93. The molecule has 1 aromatic rings. The van der Waals surface area contributed by atoms with Crippen LogP contribution in [0.1, 0.15) is 6.92 Å². The van der Waals surface area contributed by atoms with Gasteiger partial charge in [-0.2, -0.15) is 4.39 Å². The Bertz CT molecular complexity index is 451. The van der Waals surface area contributed by atoms with Crippen LogP contribution in [0.2, 0.25) is 5.02 Å². The lowest BCUT2D eigenvalue weighted by Gasteiger charge is -2.40. The Labute approximate surface area is 123 Å². The zero-order valence-electron chi connectivity index (χ0n) is 11.8. The molecule has 0 bridgehead atoms. The second-order valence-corrected chi connectivity index (χ2v) is 5.39. The smallest absolute Gasteiger partial charge is 0.235 e. The summed E-state index contributed by atoms with van der Waals surface area (Å²) >= 11 is 5.70. The molecule has 2 rings (SSSR count). The van der Waals surface area contributed by atoms with Gasteiger partial charge in [0.15, 0.2) is 0 Å². The molecule has 5 nitrogen and oxygen atoms in total. The Hall–Kier alpha value is -1.11. The first-order chi connectivity index (χ1) is 9.52. The lowest BCUT2D eigenvalue weighted by Crippen LogP contribution is -2.53. The molecule has 2 N–H and O–H groups in total. The quantitative estimate of drug-likeness (QED) is 0.857. The van der Waals surface area contributed by atoms with Crippen LogP contribution in [0.4, 0.5) is 15.9 Å². The predicted molar refractivity (Wildman–Crippen MR) is 78.7 cm³/mol. The van der Waals surface area contributed by atoms with Crippen LogP contribution >= 0.6 is 11.6 Å². The molecule has 1 saturated heterocycles. The van der Waals surface area contributed by atoms with Gasteiger partial charge in [0, 0.05) is 45.4 Å². The van der Waals surface area contributed by atoms with E-state index in [9.17, 15) is 4.39 Å². The SMILES string of the molecule is COCCN1CCN(c2cc(N)c(Cl)c(F)n2)[C@@H](C)C1. The van der Waals surface area contributed by atoms with Gasteiger partial charge in [-0.05, 0) is 6.92 Å². The van der Waals surface area contributed by atoms with Crippen molar-refractivity contribution >= 4 is 23.1 Å². The van der Waals surface area contributed by atoms with Crippen LogP contribution in [-0.4, -0.2) is 55.8 Å². The Balaban J connectivity index is 2.07. The number of anilines is 2. The first-order valence-corrected chi connectivity index (χ1v) is 7.00. The van der Waals surface area contributed by atoms with E-state index in [-0.39, 0.29) is 16.8 Å². The van der Waals surface area contributed by atoms with E-state index in [1.165, 1.54) is 0 Å². The minimum absolute atomic E-state index is 0.111. The van der Waals surface area contributed by atoms with E-state index < -0.39 is 5.95 Å². The number of ether oxygens (including phenoxy) is 1. The van der Waals surface area contributed by atoms with Crippen LogP contribution in [0, 0.1) is 5.95 Å². The molecule has 0 aromatic carbocycles. The third kappa shape index (κ3) is 3.31. The average molecular weight is 303 g/mol. The largest absolute Gasteiger partial charge is 0.397 e. The van der Waals surface area contributed by atoms with E-state index in [4.69, 9.17) is 22.1 Å². The van der Waals surface area contributed by atoms with Gasteiger partial charge in [0.05, 0.1) is 12.3 Å². The Morgan fingerprint density at radius 1 is 1.55 bits per heavy atom. The summed E-state index contributed by atoms with van der Waals surface area (Å²) in [5, 5.41) is -0.111. The van der Waals surface area contributed by atoms with E-state index in [0.717, 1.165) is 26.2 Å². The molecule has 1 aromatic heterocycles. The van der Waals surface area contributed by atoms with Crippen LogP contribution in [0.15, 0.2) is 6.07 Å². The van der Waals surface area contributed by atoms with Gasteiger partial charge < -0.3 is 15.4 Å². The molecule has 0 spiro atoms. The maximum Gasteiger partial charge on any atom is 0.235 e. The number of hydrogen-bond acceptors (Lipinski definition) is 5. The Kier molecular flexibility index (Phi) is 5.01. The Morgan fingerprint density at radius 2 is 2.30 bits per heavy atom. The molecule has 0 unspecified atom stereocenters. The van der Waals surface area contributed by atoms with E-state index in [1.54, 1.807) is 13.2 Å². The summed E-state index contributed by atoms with van der Waals surface area (Å²) in [7, 11) is 1.70. The normalized spacial score (nSPS) is 20.4. The highest BCUT2D eigenvalue weighted by Gasteiger charge is 2.25. The van der Waals surface area contributed by atoms with Crippen molar-refractivity contribution in [2.45, 2.75) is 13.0 Å². The Morgan fingerprint density at radius 3 is 2.90 bits per heavy atom. The number of nitrogen functional groups attached to an aromatic ring is 1. The zero-order valence-corrected chi connectivity index (χ0v) is 12.5. The fourth-order valence-corrected chi connectivity index (χ4v) is 2.54. The van der Waals surface area contributed by atoms with E-state index in [2.05, 4.69) is 21.7 Å². The maximum absolute atomic E-state index is 13.6. The summed E-state index contributed by atoms with van der Waals surface area (Å²) in [6.07, 6.45) is 0. The van der Waals surface area contributed by atoms with Crippen LogP contribution in [0.3, 0.4) is 0 Å². The van der Waals surface area contributed by atoms with Gasteiger partial charge in [-0.15, -0.1) is 0 Å². The molecule has 1 fully saturated rings. The number of piperazine rings is 1. The second-order valence-electron chi connectivity index (χ2n) is 5.01. The molecule has 1 atom stereocenters. The number of pyridine rings is 1. The predicted octanol–water partition coefficient (Wildman–Crippen LogP) is 1.61. The number of nitrogens with two attached hydrogens (primary N) is 1. The molecule has 1 aliphatic heterocycles. The van der Waals surface area contributed by atoms with Crippen LogP contribution in [0.5, 0.6) is 0 Å². The molecular weight excluding hydrogens is 283 g/mol. The van der Waals surface area contributed by atoms with Gasteiger partial charge in [-0.25, -0.2) is 4.98 Å². The van der Waals surface area contributed by atoms with Crippen LogP contribution < -0.4 is 10.6 Å². The molecule has 7 heteroatoms. The molecule has 112 valence electrons. The van der Waals surface area contributed by atoms with Crippen molar-refractivity contribution in [2.24, 2.45) is 0 Å². The van der Waals surface area contributed by atoms with E-state index >= 15 is 0 Å². The van der Waals surface area contributed by atoms with Crippen LogP contribution in [0.25, 0.3) is 0 Å². The fourth-order valence-electron chi connectivity index (χ4n) is 2.45. The summed E-state index contributed by atoms with van der Waals surface area (Å²) in [5.74, 6) is -0.168. The average Bonchev–Trinajstić information content (AvgIpc) is 2.42. The minimum Gasteiger partial charge on any atom is -0.397 e. The lowest BCUT2D eigenvalue weighted by molar-refractivity contribution is 0.135. The third-order valence-corrected chi connectivity index (χ3v) is 3.92. The monoisotopic (exact) mass is 302 g/mol. The van der Waals surface area contributed by atoms with Gasteiger partial charge >= 0.3 is 0 Å². The maximum atomic E-state index is 13.6. The standard InChI is InChI=1S/C13H20ClFN4O/c1-9-8-18(5-6-20-2)3-4-19(9)11-7-10(16)12(14)13(15)17-11/h7,9H,3-6,8H2,1-2H3,(H2,16,17)/t9-/m0/s1. The number of halogens is 2. The molecule has 0 radical (unpaired) electrons. The zero-order chi connectivity index (χ0) is 14.7. The minimum atomic E-state index is -0.712. The van der Waals surface area contributed by atoms with Crippen molar-refractivity contribution in [1.29, 1.82) is 0 Å². The summed E-state index contributed by atoms with van der Waals surface area (Å²) in [6, 6.07) is 1.86. The highest BCUT2D eigenvalue weighted by Crippen LogP contribution is 2.27. The van der Waals surface area contributed by atoms with Crippen LogP contribution in [-0.2, 0) is 4.74 Å². The van der Waals surface area contributed by atoms with E-state index in [1.807, 2.05) is 0 Å². The van der Waals surface area contributed by atoms with Gasteiger partial charge in [0.25, 0.3) is 0 Å². The number of aromatic nitrogens is 1. The lowest BCUT2D eigenvalue weighted by atomic mass is 10.2. The molecule has 1 aliphatic rings. The molecular formula is C13H20ClFN4O. The highest BCUT2D eigenvalue weighted by atomic mass is 35.5. The number of methoxy groups -OCH3 is 1. The van der Waals surface area contributed by atoms with Crippen molar-refractivity contribution in [3.05, 3.63) is 17.0 Å². The van der Waals surface area contributed by atoms with Crippen molar-refractivity contribution < 1.29 is 9.13 Å². The van der Waals surface area contributed by atoms with Crippen molar-refractivity contribution in [1.82, 2.24) is 9.88 Å². The van der Waals surface area contributed by atoms with Crippen molar-refractivity contribution in [2.75, 3.05) is 50.5 Å². The fraction of sp³-hybridized carbons (Fsp3) is 0.615. The van der Waals surface area contributed by atoms with Gasteiger partial charge in [-0.3, -0.25) is 4.90 Å². The van der Waals surface area contributed by atoms with Crippen molar-refractivity contribution in [3.8, 4) is 0 Å². The van der Waals surface area contributed by atoms with Gasteiger partial charge in [0.2, 0.25) is 5.95 Å². The second kappa shape index (κ2) is 6.56. The first kappa shape index (κ1) is 15.3. The number of rotatable bonds is 4. The van der Waals surface area contributed by atoms with Gasteiger partial charge in [-0.1, -0.05) is 11.6 Å². The molecule has 0 saturated carbocycles. The topological polar surface area (TPSA) is 54.6 Å². The van der Waals surface area contributed by atoms with Gasteiger partial charge in [0.1, 0.15) is 10.8 Å². The molecule has 20 heavy (non-hydrogen) atoms. The number of nitrogens with zero attached hydrogens (tertiary/aromatic N) is 3. The molecule has 0 aliphatic carbocycles. The van der Waals surface area contributed by atoms with Crippen molar-refractivity contribution in [3.63, 3.8) is 0 Å².